The number of hydrogen-bond donors (Lipinski definition) is 1. The number of ether oxygens (including phenoxy) is 1. The number of morpholine rings is 1. The van der Waals surface area contributed by atoms with Crippen LogP contribution in [0, 0.1) is 0 Å². The summed E-state index contributed by atoms with van der Waals surface area (Å²) in [5, 5.41) is 3.35. The molecule has 0 saturated carbocycles. The third-order valence-electron chi connectivity index (χ3n) is 3.15. The monoisotopic (exact) mass is 219 g/mol. The molecule has 5 heteroatoms. The van der Waals surface area contributed by atoms with E-state index in [0.717, 1.165) is 6.54 Å². The van der Waals surface area contributed by atoms with Crippen LogP contribution in [0.1, 0.15) is 19.8 Å². The summed E-state index contributed by atoms with van der Waals surface area (Å²) in [4.78, 5) is 0. The Kier molecular flexibility index (Phi) is 2.57. The van der Waals surface area contributed by atoms with E-state index in [9.17, 15) is 8.42 Å². The fraction of sp³-hybridized carbons (Fsp3) is 1.00. The first-order valence-electron chi connectivity index (χ1n) is 5.09. The lowest BCUT2D eigenvalue weighted by Gasteiger charge is -2.42. The minimum Gasteiger partial charge on any atom is -0.372 e. The van der Waals surface area contributed by atoms with Crippen molar-refractivity contribution in [2.75, 3.05) is 24.7 Å². The highest BCUT2D eigenvalue weighted by atomic mass is 32.2. The molecule has 1 unspecified atom stereocenters. The van der Waals surface area contributed by atoms with E-state index >= 15 is 0 Å². The first-order valence-corrected chi connectivity index (χ1v) is 6.91. The summed E-state index contributed by atoms with van der Waals surface area (Å²) in [6.45, 7) is 3.57. The van der Waals surface area contributed by atoms with Crippen molar-refractivity contribution in [3.8, 4) is 0 Å². The van der Waals surface area contributed by atoms with E-state index in [2.05, 4.69) is 12.2 Å². The Balaban J connectivity index is 1.99. The van der Waals surface area contributed by atoms with E-state index in [1.807, 2.05) is 0 Å². The molecule has 0 aliphatic carbocycles. The maximum atomic E-state index is 11.3. The lowest BCUT2D eigenvalue weighted by atomic mass is 9.94. The van der Waals surface area contributed by atoms with Crippen LogP contribution in [0.2, 0.25) is 0 Å². The molecule has 2 aliphatic heterocycles. The molecule has 4 nitrogen and oxygen atoms in total. The second-order valence-corrected chi connectivity index (χ2v) is 6.73. The molecule has 1 spiro atoms. The predicted molar refractivity (Wildman–Crippen MR) is 54.0 cm³/mol. The summed E-state index contributed by atoms with van der Waals surface area (Å²) in [5.74, 6) is 0.562. The normalized spacial score (nSPS) is 35.6. The molecule has 0 aromatic heterocycles. The van der Waals surface area contributed by atoms with Crippen molar-refractivity contribution in [3.05, 3.63) is 0 Å². The van der Waals surface area contributed by atoms with E-state index < -0.39 is 9.84 Å². The van der Waals surface area contributed by atoms with Crippen LogP contribution in [-0.4, -0.2) is 44.7 Å². The van der Waals surface area contributed by atoms with Crippen LogP contribution in [0.15, 0.2) is 0 Å². The third-order valence-corrected chi connectivity index (χ3v) is 4.80. The smallest absolute Gasteiger partial charge is 0.150 e. The molecule has 1 atom stereocenters. The largest absolute Gasteiger partial charge is 0.372 e. The molecule has 2 aliphatic rings. The van der Waals surface area contributed by atoms with E-state index in [4.69, 9.17) is 4.74 Å². The van der Waals surface area contributed by atoms with Crippen molar-refractivity contribution >= 4 is 9.84 Å². The Morgan fingerprint density at radius 3 is 2.50 bits per heavy atom. The van der Waals surface area contributed by atoms with Crippen molar-refractivity contribution < 1.29 is 13.2 Å². The van der Waals surface area contributed by atoms with Gasteiger partial charge in [-0.1, -0.05) is 0 Å². The highest BCUT2D eigenvalue weighted by molar-refractivity contribution is 7.91. The van der Waals surface area contributed by atoms with Crippen molar-refractivity contribution in [1.82, 2.24) is 5.32 Å². The van der Waals surface area contributed by atoms with Crippen molar-refractivity contribution in [2.45, 2.75) is 31.4 Å². The molecule has 0 radical (unpaired) electrons. The second-order valence-electron chi connectivity index (χ2n) is 4.43. The molecule has 0 amide bonds. The van der Waals surface area contributed by atoms with Gasteiger partial charge < -0.3 is 10.1 Å². The molecule has 2 heterocycles. The number of hydrogen-bond acceptors (Lipinski definition) is 4. The van der Waals surface area contributed by atoms with Crippen molar-refractivity contribution in [1.29, 1.82) is 0 Å². The predicted octanol–water partition coefficient (Wildman–Crippen LogP) is -0.0579. The molecule has 2 rings (SSSR count). The third kappa shape index (κ3) is 2.10. The van der Waals surface area contributed by atoms with Gasteiger partial charge in [0.25, 0.3) is 0 Å². The average Bonchev–Trinajstić information content (AvgIpc) is 2.16. The topological polar surface area (TPSA) is 55.4 Å². The fourth-order valence-corrected chi connectivity index (χ4v) is 3.57. The van der Waals surface area contributed by atoms with Crippen molar-refractivity contribution in [2.24, 2.45) is 0 Å². The maximum absolute atomic E-state index is 11.3. The van der Waals surface area contributed by atoms with Crippen LogP contribution in [0.3, 0.4) is 0 Å². The molecule has 0 aromatic rings. The molecule has 82 valence electrons. The zero-order valence-electron chi connectivity index (χ0n) is 8.45. The lowest BCUT2D eigenvalue weighted by Crippen LogP contribution is -2.56. The van der Waals surface area contributed by atoms with Gasteiger partial charge in [-0.3, -0.25) is 0 Å². The molecule has 14 heavy (non-hydrogen) atoms. The fourth-order valence-electron chi connectivity index (χ4n) is 2.00. The van der Waals surface area contributed by atoms with Crippen LogP contribution in [0.25, 0.3) is 0 Å². The van der Waals surface area contributed by atoms with Gasteiger partial charge in [0.1, 0.15) is 0 Å². The summed E-state index contributed by atoms with van der Waals surface area (Å²) >= 11 is 0. The number of sulfone groups is 1. The van der Waals surface area contributed by atoms with Gasteiger partial charge in [-0.2, -0.15) is 0 Å². The summed E-state index contributed by atoms with van der Waals surface area (Å²) in [6.07, 6.45) is 1.30. The zero-order chi connectivity index (χ0) is 10.2. The van der Waals surface area contributed by atoms with Gasteiger partial charge in [-0.15, -0.1) is 0 Å². The minimum absolute atomic E-state index is 0.197. The first kappa shape index (κ1) is 10.4. The number of nitrogens with one attached hydrogen (secondary N) is 1. The SMILES string of the molecule is CC1COC2(CCS(=O)(=O)CC2)CN1. The molecular weight excluding hydrogens is 202 g/mol. The van der Waals surface area contributed by atoms with Crippen LogP contribution in [-0.2, 0) is 14.6 Å². The lowest BCUT2D eigenvalue weighted by molar-refractivity contribution is -0.0856. The Morgan fingerprint density at radius 2 is 2.00 bits per heavy atom. The quantitative estimate of drug-likeness (QED) is 0.620. The van der Waals surface area contributed by atoms with Gasteiger partial charge in [0.05, 0.1) is 23.7 Å². The van der Waals surface area contributed by atoms with Crippen LogP contribution >= 0.6 is 0 Å². The Hall–Kier alpha value is -0.130. The molecule has 1 N–H and O–H groups in total. The van der Waals surface area contributed by atoms with E-state index in [1.165, 1.54) is 0 Å². The average molecular weight is 219 g/mol. The Labute approximate surface area is 84.9 Å². The van der Waals surface area contributed by atoms with Crippen LogP contribution in [0.5, 0.6) is 0 Å². The van der Waals surface area contributed by atoms with E-state index in [1.54, 1.807) is 0 Å². The standard InChI is InChI=1S/C9H17NO3S/c1-8-6-13-9(7-10-8)2-4-14(11,12)5-3-9/h8,10H,2-7H2,1H3. The van der Waals surface area contributed by atoms with Gasteiger partial charge in [0.2, 0.25) is 0 Å². The van der Waals surface area contributed by atoms with E-state index in [0.29, 0.717) is 25.5 Å². The highest BCUT2D eigenvalue weighted by Gasteiger charge is 2.40. The first-order chi connectivity index (χ1) is 6.52. The van der Waals surface area contributed by atoms with Gasteiger partial charge in [-0.25, -0.2) is 8.42 Å². The van der Waals surface area contributed by atoms with Crippen molar-refractivity contribution in [3.63, 3.8) is 0 Å². The van der Waals surface area contributed by atoms with Gasteiger partial charge >= 0.3 is 0 Å². The second kappa shape index (κ2) is 3.47. The summed E-state index contributed by atoms with van der Waals surface area (Å²) < 4.78 is 28.3. The molecular formula is C9H17NO3S. The minimum atomic E-state index is -2.78. The molecule has 2 fully saturated rings. The Morgan fingerprint density at radius 1 is 1.36 bits per heavy atom. The zero-order valence-corrected chi connectivity index (χ0v) is 9.27. The summed E-state index contributed by atoms with van der Waals surface area (Å²) in [5.41, 5.74) is -0.197. The summed E-state index contributed by atoms with van der Waals surface area (Å²) in [6, 6.07) is 0.388. The maximum Gasteiger partial charge on any atom is 0.150 e. The van der Waals surface area contributed by atoms with Gasteiger partial charge in [0.15, 0.2) is 9.84 Å². The van der Waals surface area contributed by atoms with Gasteiger partial charge in [0, 0.05) is 12.6 Å². The molecule has 0 aromatic carbocycles. The van der Waals surface area contributed by atoms with Crippen LogP contribution < -0.4 is 5.32 Å². The van der Waals surface area contributed by atoms with E-state index in [-0.39, 0.29) is 17.1 Å². The molecule has 2 saturated heterocycles. The van der Waals surface area contributed by atoms with Gasteiger partial charge in [-0.05, 0) is 19.8 Å². The Bertz CT molecular complexity index is 288. The molecule has 0 bridgehead atoms. The van der Waals surface area contributed by atoms with Crippen LogP contribution in [0.4, 0.5) is 0 Å². The highest BCUT2D eigenvalue weighted by Crippen LogP contribution is 2.29. The summed E-state index contributed by atoms with van der Waals surface area (Å²) in [7, 11) is -2.78. The number of rotatable bonds is 0.